The van der Waals surface area contributed by atoms with Crippen molar-refractivity contribution in [3.05, 3.63) is 54.1 Å². The van der Waals surface area contributed by atoms with Crippen LogP contribution in [-0.4, -0.2) is 34.5 Å². The van der Waals surface area contributed by atoms with E-state index in [1.165, 1.54) is 5.57 Å². The Balaban J connectivity index is 1.87. The summed E-state index contributed by atoms with van der Waals surface area (Å²) in [6.45, 7) is 5.14. The van der Waals surface area contributed by atoms with Gasteiger partial charge in [-0.15, -0.1) is 0 Å². The third kappa shape index (κ3) is 2.69. The second kappa shape index (κ2) is 5.66. The molecule has 1 aliphatic heterocycles. The SMILES string of the molecule is CC1=CC=CC2(C)CN(C)N(C(=S)Nc3ccccc3)N=C12. The molecule has 1 heterocycles. The topological polar surface area (TPSA) is 30.9 Å². The van der Waals surface area contributed by atoms with Crippen LogP contribution in [-0.2, 0) is 0 Å². The van der Waals surface area contributed by atoms with Crippen molar-refractivity contribution in [2.75, 3.05) is 18.9 Å². The van der Waals surface area contributed by atoms with Gasteiger partial charge >= 0.3 is 0 Å². The summed E-state index contributed by atoms with van der Waals surface area (Å²) in [4.78, 5) is 0. The minimum Gasteiger partial charge on any atom is -0.330 e. The molecule has 0 amide bonds. The van der Waals surface area contributed by atoms with Crippen LogP contribution in [0.5, 0.6) is 0 Å². The first-order chi connectivity index (χ1) is 10.5. The van der Waals surface area contributed by atoms with Gasteiger partial charge in [0.25, 0.3) is 0 Å². The summed E-state index contributed by atoms with van der Waals surface area (Å²) in [6.07, 6.45) is 6.41. The van der Waals surface area contributed by atoms with Crippen molar-refractivity contribution in [1.29, 1.82) is 0 Å². The lowest BCUT2D eigenvalue weighted by atomic mass is 9.78. The fourth-order valence-corrected chi connectivity index (χ4v) is 3.24. The minimum atomic E-state index is -0.0631. The first-order valence-corrected chi connectivity index (χ1v) is 7.73. The maximum atomic E-state index is 5.53. The van der Waals surface area contributed by atoms with E-state index in [1.54, 1.807) is 5.12 Å². The highest BCUT2D eigenvalue weighted by atomic mass is 32.1. The molecular formula is C17H20N4S. The van der Waals surface area contributed by atoms with Gasteiger partial charge in [0, 0.05) is 24.7 Å². The number of hydrogen-bond acceptors (Lipinski definition) is 3. The summed E-state index contributed by atoms with van der Waals surface area (Å²) in [7, 11) is 2.01. The molecule has 0 radical (unpaired) electrons. The number of rotatable bonds is 1. The molecule has 0 spiro atoms. The fourth-order valence-electron chi connectivity index (χ4n) is 2.94. The van der Waals surface area contributed by atoms with E-state index in [1.807, 2.05) is 42.4 Å². The number of allylic oxidation sites excluding steroid dienone is 3. The smallest absolute Gasteiger partial charge is 0.210 e. The Morgan fingerprint density at radius 1 is 1.32 bits per heavy atom. The molecule has 0 fully saturated rings. The highest BCUT2D eigenvalue weighted by Crippen LogP contribution is 2.33. The number of thiocarbonyl (C=S) groups is 1. The van der Waals surface area contributed by atoms with Gasteiger partial charge in [-0.05, 0) is 43.8 Å². The molecule has 3 rings (SSSR count). The number of hydrogen-bond donors (Lipinski definition) is 1. The molecule has 0 bridgehead atoms. The number of hydrazine groups is 1. The molecular weight excluding hydrogens is 292 g/mol. The minimum absolute atomic E-state index is 0.0631. The van der Waals surface area contributed by atoms with Crippen molar-refractivity contribution in [2.45, 2.75) is 13.8 Å². The molecule has 114 valence electrons. The zero-order valence-corrected chi connectivity index (χ0v) is 13.9. The Bertz CT molecular complexity index is 677. The second-order valence-electron chi connectivity index (χ2n) is 5.98. The number of fused-ring (bicyclic) bond motifs is 1. The van der Waals surface area contributed by atoms with Crippen LogP contribution in [0.2, 0.25) is 0 Å². The van der Waals surface area contributed by atoms with Crippen LogP contribution in [0.4, 0.5) is 5.69 Å². The van der Waals surface area contributed by atoms with Gasteiger partial charge in [-0.3, -0.25) is 0 Å². The Hall–Kier alpha value is -1.98. The molecule has 4 nitrogen and oxygen atoms in total. The van der Waals surface area contributed by atoms with Crippen molar-refractivity contribution in [2.24, 2.45) is 10.5 Å². The monoisotopic (exact) mass is 312 g/mol. The average molecular weight is 312 g/mol. The van der Waals surface area contributed by atoms with Crippen LogP contribution in [0.15, 0.2) is 59.2 Å². The summed E-state index contributed by atoms with van der Waals surface area (Å²) in [5.74, 6) is 0. The number of nitrogens with one attached hydrogen (secondary N) is 1. The molecule has 5 heteroatoms. The molecule has 1 unspecified atom stereocenters. The van der Waals surface area contributed by atoms with Crippen molar-refractivity contribution in [1.82, 2.24) is 10.1 Å². The van der Waals surface area contributed by atoms with E-state index >= 15 is 0 Å². The normalized spacial score (nSPS) is 24.4. The second-order valence-corrected chi connectivity index (χ2v) is 6.36. The molecule has 0 aromatic heterocycles. The predicted octanol–water partition coefficient (Wildman–Crippen LogP) is 3.42. The van der Waals surface area contributed by atoms with Crippen molar-refractivity contribution in [3.63, 3.8) is 0 Å². The first-order valence-electron chi connectivity index (χ1n) is 7.32. The van der Waals surface area contributed by atoms with Crippen molar-refractivity contribution < 1.29 is 0 Å². The fraction of sp³-hybridized carbons (Fsp3) is 0.294. The van der Waals surface area contributed by atoms with Gasteiger partial charge < -0.3 is 5.32 Å². The summed E-state index contributed by atoms with van der Waals surface area (Å²) < 4.78 is 0. The van der Waals surface area contributed by atoms with E-state index in [4.69, 9.17) is 17.3 Å². The first kappa shape index (κ1) is 14.9. The highest BCUT2D eigenvalue weighted by molar-refractivity contribution is 7.80. The molecule has 2 aliphatic rings. The number of benzene rings is 1. The molecule has 0 saturated heterocycles. The van der Waals surface area contributed by atoms with E-state index in [2.05, 4.69) is 37.4 Å². The Labute approximate surface area is 136 Å². The van der Waals surface area contributed by atoms with Gasteiger partial charge in [0.1, 0.15) is 0 Å². The van der Waals surface area contributed by atoms with Crippen LogP contribution in [0, 0.1) is 5.41 Å². The van der Waals surface area contributed by atoms with Crippen LogP contribution in [0.1, 0.15) is 13.8 Å². The summed E-state index contributed by atoms with van der Waals surface area (Å²) in [5.41, 5.74) is 3.16. The molecule has 1 atom stereocenters. The summed E-state index contributed by atoms with van der Waals surface area (Å²) in [5, 5.41) is 12.4. The van der Waals surface area contributed by atoms with Gasteiger partial charge in [-0.2, -0.15) is 15.2 Å². The Kier molecular flexibility index (Phi) is 3.85. The van der Waals surface area contributed by atoms with Crippen molar-refractivity contribution >= 4 is 28.7 Å². The zero-order chi connectivity index (χ0) is 15.7. The third-order valence-electron chi connectivity index (χ3n) is 4.01. The van der Waals surface area contributed by atoms with Crippen LogP contribution >= 0.6 is 12.2 Å². The predicted molar refractivity (Wildman–Crippen MR) is 95.6 cm³/mol. The van der Waals surface area contributed by atoms with Crippen molar-refractivity contribution in [3.8, 4) is 0 Å². The number of nitrogens with zero attached hydrogens (tertiary/aromatic N) is 3. The molecule has 1 aromatic rings. The summed E-state index contributed by atoms with van der Waals surface area (Å²) in [6, 6.07) is 9.92. The lowest BCUT2D eigenvalue weighted by molar-refractivity contribution is 0.0469. The van der Waals surface area contributed by atoms with Gasteiger partial charge in [-0.1, -0.05) is 36.4 Å². The molecule has 1 N–H and O–H groups in total. The summed E-state index contributed by atoms with van der Waals surface area (Å²) >= 11 is 5.53. The van der Waals surface area contributed by atoms with Crippen LogP contribution < -0.4 is 5.32 Å². The van der Waals surface area contributed by atoms with Gasteiger partial charge in [0.05, 0.1) is 5.71 Å². The largest absolute Gasteiger partial charge is 0.330 e. The maximum Gasteiger partial charge on any atom is 0.210 e. The lowest BCUT2D eigenvalue weighted by Gasteiger charge is -2.43. The molecule has 22 heavy (non-hydrogen) atoms. The Morgan fingerprint density at radius 3 is 2.77 bits per heavy atom. The van der Waals surface area contributed by atoms with Crippen LogP contribution in [0.25, 0.3) is 0 Å². The Morgan fingerprint density at radius 2 is 2.05 bits per heavy atom. The average Bonchev–Trinajstić information content (AvgIpc) is 2.47. The highest BCUT2D eigenvalue weighted by Gasteiger charge is 2.38. The quantitative estimate of drug-likeness (QED) is 0.805. The van der Waals surface area contributed by atoms with Crippen LogP contribution in [0.3, 0.4) is 0 Å². The number of para-hydroxylation sites is 1. The van der Waals surface area contributed by atoms with E-state index in [0.29, 0.717) is 5.11 Å². The molecule has 1 aliphatic carbocycles. The van der Waals surface area contributed by atoms with Gasteiger partial charge in [0.15, 0.2) is 0 Å². The molecule has 1 aromatic carbocycles. The van der Waals surface area contributed by atoms with E-state index in [0.717, 1.165) is 17.9 Å². The standard InChI is InChI=1S/C17H20N4S/c1-13-8-7-11-17(2)12-20(3)21(19-15(13)17)16(22)18-14-9-5-4-6-10-14/h4-11H,12H2,1-3H3,(H,18,22). The van der Waals surface area contributed by atoms with E-state index in [9.17, 15) is 0 Å². The lowest BCUT2D eigenvalue weighted by Crippen LogP contribution is -2.54. The third-order valence-corrected chi connectivity index (χ3v) is 4.27. The number of anilines is 1. The van der Waals surface area contributed by atoms with E-state index < -0.39 is 0 Å². The van der Waals surface area contributed by atoms with Gasteiger partial charge in [-0.25, -0.2) is 0 Å². The zero-order valence-electron chi connectivity index (χ0n) is 13.1. The number of hydrazone groups is 1. The van der Waals surface area contributed by atoms with E-state index in [-0.39, 0.29) is 5.41 Å². The van der Waals surface area contributed by atoms with Gasteiger partial charge in [0.2, 0.25) is 5.11 Å². The maximum absolute atomic E-state index is 5.53. The molecule has 0 saturated carbocycles.